The Bertz CT molecular complexity index is 1600. The van der Waals surface area contributed by atoms with E-state index in [0.717, 1.165) is 41.8 Å². The maximum atomic E-state index is 11.7. The lowest BCUT2D eigenvalue weighted by Gasteiger charge is -2.34. The number of piperazine rings is 1. The molecule has 0 unspecified atom stereocenters. The zero-order valence-corrected chi connectivity index (χ0v) is 21.7. The number of hydrogen-bond donors (Lipinski definition) is 0. The molecule has 7 rings (SSSR count). The van der Waals surface area contributed by atoms with E-state index in [4.69, 9.17) is 13.9 Å². The number of fused-ring (bicyclic) bond motifs is 4. The number of benzene rings is 2. The van der Waals surface area contributed by atoms with E-state index in [9.17, 15) is 4.79 Å². The van der Waals surface area contributed by atoms with Gasteiger partial charge in [0.15, 0.2) is 5.65 Å². The molecule has 2 aromatic carbocycles. The van der Waals surface area contributed by atoms with Crippen LogP contribution in [0.2, 0.25) is 0 Å². The molecule has 2 atom stereocenters. The summed E-state index contributed by atoms with van der Waals surface area (Å²) in [6, 6.07) is 18.7. The van der Waals surface area contributed by atoms with Crippen LogP contribution < -0.4 is 4.74 Å². The van der Waals surface area contributed by atoms with Gasteiger partial charge < -0.3 is 13.9 Å². The highest BCUT2D eigenvalue weighted by molar-refractivity contribution is 7.20. The average Bonchev–Trinajstić information content (AvgIpc) is 3.72. The first-order chi connectivity index (χ1) is 18.6. The van der Waals surface area contributed by atoms with Crippen molar-refractivity contribution in [3.05, 3.63) is 83.7 Å². The summed E-state index contributed by atoms with van der Waals surface area (Å²) in [6.45, 7) is 3.87. The van der Waals surface area contributed by atoms with Gasteiger partial charge in [-0.1, -0.05) is 23.5 Å². The molecule has 0 radical (unpaired) electrons. The van der Waals surface area contributed by atoms with Crippen LogP contribution >= 0.6 is 11.3 Å². The highest BCUT2D eigenvalue weighted by Crippen LogP contribution is 2.36. The molecule has 192 valence electrons. The van der Waals surface area contributed by atoms with Crippen LogP contribution in [0.25, 0.3) is 21.3 Å². The van der Waals surface area contributed by atoms with Crippen LogP contribution in [0.3, 0.4) is 0 Å². The lowest BCUT2D eigenvalue weighted by atomic mass is 10.1. The Morgan fingerprint density at radius 1 is 1.08 bits per heavy atom. The SMILES string of the molecule is COC(=O)c1ccc(CN2C[C@@H]3C[C@H]2CN3Cc2coc3cc(Oc4nc5ncccc5s4)ccc23)cc1. The maximum absolute atomic E-state index is 11.7. The van der Waals surface area contributed by atoms with Crippen molar-refractivity contribution in [1.82, 2.24) is 19.8 Å². The second kappa shape index (κ2) is 9.50. The lowest BCUT2D eigenvalue weighted by molar-refractivity contribution is 0.0600. The van der Waals surface area contributed by atoms with Crippen LogP contribution in [-0.2, 0) is 17.8 Å². The van der Waals surface area contributed by atoms with Crippen molar-refractivity contribution in [1.29, 1.82) is 0 Å². The Kier molecular flexibility index (Phi) is 5.84. The van der Waals surface area contributed by atoms with Gasteiger partial charge >= 0.3 is 5.97 Å². The van der Waals surface area contributed by atoms with Crippen LogP contribution in [0, 0.1) is 0 Å². The van der Waals surface area contributed by atoms with Gasteiger partial charge in [-0.2, -0.15) is 4.98 Å². The van der Waals surface area contributed by atoms with Crippen molar-refractivity contribution < 1.29 is 18.7 Å². The highest BCUT2D eigenvalue weighted by Gasteiger charge is 2.43. The fourth-order valence-corrected chi connectivity index (χ4v) is 6.47. The smallest absolute Gasteiger partial charge is 0.337 e. The quantitative estimate of drug-likeness (QED) is 0.258. The Balaban J connectivity index is 0.989. The standard InChI is InChI=1S/C29H26N4O4S/c1-35-28(34)19-6-4-18(5-7-19)13-32-15-22-11-21(32)16-33(22)14-20-17-36-25-12-23(8-9-24(20)25)37-29-31-27-26(38-29)3-2-10-30-27/h2-10,12,17,21-22H,11,13-16H2,1H3/t21-,22-/m0/s1. The Morgan fingerprint density at radius 2 is 1.89 bits per heavy atom. The molecule has 0 spiro atoms. The van der Waals surface area contributed by atoms with Crippen molar-refractivity contribution in [2.75, 3.05) is 20.2 Å². The first-order valence-corrected chi connectivity index (χ1v) is 13.5. The van der Waals surface area contributed by atoms with Crippen molar-refractivity contribution in [3.63, 3.8) is 0 Å². The number of esters is 1. The number of carbonyl (C=O) groups is 1. The molecule has 3 aromatic heterocycles. The lowest BCUT2D eigenvalue weighted by Crippen LogP contribution is -2.45. The third-order valence-electron chi connectivity index (χ3n) is 7.58. The normalized spacial score (nSPS) is 19.5. The number of ether oxygens (including phenoxy) is 2. The predicted octanol–water partition coefficient (Wildman–Crippen LogP) is 5.48. The van der Waals surface area contributed by atoms with Gasteiger partial charge in [0.1, 0.15) is 11.3 Å². The molecule has 9 heteroatoms. The first-order valence-electron chi connectivity index (χ1n) is 12.7. The van der Waals surface area contributed by atoms with E-state index in [1.165, 1.54) is 36.0 Å². The molecule has 2 aliphatic rings. The largest absolute Gasteiger partial charge is 0.465 e. The van der Waals surface area contributed by atoms with Crippen molar-refractivity contribution >= 4 is 38.6 Å². The fourth-order valence-electron chi connectivity index (χ4n) is 5.68. The van der Waals surface area contributed by atoms with Gasteiger partial charge in [0.25, 0.3) is 5.19 Å². The topological polar surface area (TPSA) is 80.9 Å². The Hall–Kier alpha value is -3.79. The van der Waals surface area contributed by atoms with E-state index >= 15 is 0 Å². The number of pyridine rings is 1. The van der Waals surface area contributed by atoms with Crippen molar-refractivity contribution in [2.45, 2.75) is 31.6 Å². The van der Waals surface area contributed by atoms with Crippen molar-refractivity contribution in [2.24, 2.45) is 0 Å². The van der Waals surface area contributed by atoms with E-state index < -0.39 is 0 Å². The average molecular weight is 527 g/mol. The molecule has 0 N–H and O–H groups in total. The highest BCUT2D eigenvalue weighted by atomic mass is 32.1. The summed E-state index contributed by atoms with van der Waals surface area (Å²) in [7, 11) is 1.41. The summed E-state index contributed by atoms with van der Waals surface area (Å²) >= 11 is 1.48. The van der Waals surface area contributed by atoms with E-state index in [2.05, 4.69) is 25.8 Å². The van der Waals surface area contributed by atoms with Gasteiger partial charge in [0, 0.05) is 61.5 Å². The number of carbonyl (C=O) groups excluding carboxylic acids is 1. The maximum Gasteiger partial charge on any atom is 0.337 e. The number of nitrogens with zero attached hydrogens (tertiary/aromatic N) is 4. The number of methoxy groups -OCH3 is 1. The summed E-state index contributed by atoms with van der Waals surface area (Å²) in [4.78, 5) is 25.6. The minimum absolute atomic E-state index is 0.298. The summed E-state index contributed by atoms with van der Waals surface area (Å²) in [5.74, 6) is 0.404. The molecule has 2 aliphatic heterocycles. The number of likely N-dealkylation sites (tertiary alicyclic amines) is 2. The third-order valence-corrected chi connectivity index (χ3v) is 8.47. The second-order valence-corrected chi connectivity index (χ2v) is 10.9. The predicted molar refractivity (Wildman–Crippen MR) is 144 cm³/mol. The van der Waals surface area contributed by atoms with Crippen LogP contribution in [0.5, 0.6) is 10.9 Å². The molecule has 38 heavy (non-hydrogen) atoms. The van der Waals surface area contributed by atoms with Crippen LogP contribution in [0.15, 0.2) is 71.5 Å². The molecular weight excluding hydrogens is 500 g/mol. The number of rotatable bonds is 7. The summed E-state index contributed by atoms with van der Waals surface area (Å²) in [5, 5.41) is 1.69. The number of thiazole rings is 1. The van der Waals surface area contributed by atoms with Gasteiger partial charge in [-0.3, -0.25) is 9.80 Å². The minimum atomic E-state index is -0.298. The van der Waals surface area contributed by atoms with Gasteiger partial charge in [0.05, 0.1) is 23.6 Å². The minimum Gasteiger partial charge on any atom is -0.465 e. The molecule has 5 aromatic rings. The van der Waals surface area contributed by atoms with Gasteiger partial charge in [-0.05, 0) is 48.4 Å². The van der Waals surface area contributed by atoms with E-state index in [1.54, 1.807) is 6.20 Å². The molecule has 0 aliphatic carbocycles. The van der Waals surface area contributed by atoms with Gasteiger partial charge in [-0.25, -0.2) is 9.78 Å². The Labute approximate surface area is 223 Å². The summed E-state index contributed by atoms with van der Waals surface area (Å²) < 4.78 is 17.7. The molecule has 2 bridgehead atoms. The van der Waals surface area contributed by atoms with Gasteiger partial charge in [-0.15, -0.1) is 0 Å². The number of furan rings is 1. The molecule has 8 nitrogen and oxygen atoms in total. The van der Waals surface area contributed by atoms with Crippen molar-refractivity contribution in [3.8, 4) is 10.9 Å². The summed E-state index contributed by atoms with van der Waals surface area (Å²) in [5.41, 5.74) is 4.53. The molecule has 2 saturated heterocycles. The number of hydrogen-bond acceptors (Lipinski definition) is 9. The molecular formula is C29H26N4O4S. The van der Waals surface area contributed by atoms with Crippen LogP contribution in [0.1, 0.15) is 27.9 Å². The molecule has 0 amide bonds. The van der Waals surface area contributed by atoms with Crippen LogP contribution in [-0.4, -0.2) is 58.0 Å². The fraction of sp³-hybridized carbons (Fsp3) is 0.276. The second-order valence-electron chi connectivity index (χ2n) is 9.92. The molecule has 2 fully saturated rings. The summed E-state index contributed by atoms with van der Waals surface area (Å²) in [6.07, 6.45) is 4.80. The van der Waals surface area contributed by atoms with E-state index in [0.29, 0.717) is 34.2 Å². The first kappa shape index (κ1) is 23.3. The Morgan fingerprint density at radius 3 is 2.66 bits per heavy atom. The van der Waals surface area contributed by atoms with E-state index in [1.807, 2.05) is 54.8 Å². The van der Waals surface area contributed by atoms with E-state index in [-0.39, 0.29) is 5.97 Å². The molecule has 5 heterocycles. The third kappa shape index (κ3) is 4.32. The zero-order valence-electron chi connectivity index (χ0n) is 20.9. The monoisotopic (exact) mass is 526 g/mol. The number of aromatic nitrogens is 2. The molecule has 0 saturated carbocycles. The van der Waals surface area contributed by atoms with Gasteiger partial charge in [0.2, 0.25) is 0 Å². The zero-order chi connectivity index (χ0) is 25.6. The van der Waals surface area contributed by atoms with Crippen LogP contribution in [0.4, 0.5) is 0 Å².